The molecule has 0 aromatic rings. The molecule has 0 aliphatic rings. The van der Waals surface area contributed by atoms with Gasteiger partial charge < -0.3 is 4.74 Å². The van der Waals surface area contributed by atoms with Gasteiger partial charge in [0.1, 0.15) is 0 Å². The zero-order chi connectivity index (χ0) is 8.69. The Hall–Kier alpha value is -0.0900. The molecule has 0 bridgehead atoms. The normalized spacial score (nSPS) is 9.27. The smallest absolute Gasteiger partial charge is 0.314 e. The van der Waals surface area contributed by atoms with Crippen LogP contribution in [0.25, 0.3) is 0 Å². The Morgan fingerprint density at radius 3 is 2.27 bits per heavy atom. The number of ether oxygens (including phenoxy) is 1. The first-order valence-electron chi connectivity index (χ1n) is 3.06. The van der Waals surface area contributed by atoms with Crippen LogP contribution in [0.1, 0.15) is 12.8 Å². The third kappa shape index (κ3) is 6.31. The van der Waals surface area contributed by atoms with Gasteiger partial charge in [0.05, 0.1) is 12.8 Å². The minimum absolute atomic E-state index is 0.0789. The molecular formula is C6H8BrClO3. The molecule has 0 rings (SSSR count). The van der Waals surface area contributed by atoms with Gasteiger partial charge in [-0.25, -0.2) is 0 Å². The van der Waals surface area contributed by atoms with Crippen LogP contribution in [-0.2, 0) is 14.3 Å². The van der Waals surface area contributed by atoms with E-state index in [1.54, 1.807) is 0 Å². The molecule has 11 heavy (non-hydrogen) atoms. The van der Waals surface area contributed by atoms with E-state index in [9.17, 15) is 9.59 Å². The Labute approximate surface area is 78.2 Å². The number of alkyl halides is 2. The highest BCUT2D eigenvalue weighted by molar-refractivity contribution is 9.09. The Morgan fingerprint density at radius 1 is 1.27 bits per heavy atom. The molecule has 0 aromatic heterocycles. The minimum atomic E-state index is -0.564. The van der Waals surface area contributed by atoms with Gasteiger partial charge in [0, 0.05) is 11.2 Å². The molecule has 0 unspecified atom stereocenters. The highest BCUT2D eigenvalue weighted by atomic mass is 79.9. The van der Waals surface area contributed by atoms with Gasteiger partial charge in [-0.1, -0.05) is 15.9 Å². The second kappa shape index (κ2) is 6.61. The molecule has 5 heteroatoms. The molecule has 0 N–H and O–H groups in total. The molecule has 0 saturated carbocycles. The van der Waals surface area contributed by atoms with Crippen molar-refractivity contribution in [2.24, 2.45) is 0 Å². The summed E-state index contributed by atoms with van der Waals surface area (Å²) in [7, 11) is 0. The van der Waals surface area contributed by atoms with Crippen molar-refractivity contribution in [1.82, 2.24) is 0 Å². The Balaban J connectivity index is 3.49. The molecule has 0 aromatic carbocycles. The Bertz CT molecular complexity index is 133. The van der Waals surface area contributed by atoms with E-state index >= 15 is 0 Å². The molecule has 0 spiro atoms. The van der Waals surface area contributed by atoms with E-state index in [0.29, 0.717) is 5.33 Å². The number of carbonyl (C=O) groups excluding carboxylic acids is 2. The topological polar surface area (TPSA) is 43.4 Å². The molecular weight excluding hydrogens is 235 g/mol. The van der Waals surface area contributed by atoms with Gasteiger partial charge >= 0.3 is 11.9 Å². The van der Waals surface area contributed by atoms with Gasteiger partial charge in [-0.15, -0.1) is 11.6 Å². The standard InChI is InChI=1S/C6H8BrClO3/c7-3-1-5(9)11-6(10)2-4-8/h1-4H2. The largest absolute Gasteiger partial charge is 0.393 e. The van der Waals surface area contributed by atoms with Crippen LogP contribution in [0.3, 0.4) is 0 Å². The fourth-order valence-electron chi connectivity index (χ4n) is 0.383. The average Bonchev–Trinajstić information content (AvgIpc) is 1.87. The average molecular weight is 243 g/mol. The van der Waals surface area contributed by atoms with E-state index in [0.717, 1.165) is 0 Å². The number of hydrogen-bond donors (Lipinski definition) is 0. The van der Waals surface area contributed by atoms with Crippen LogP contribution in [0.5, 0.6) is 0 Å². The number of carbonyl (C=O) groups is 2. The Kier molecular flexibility index (Phi) is 6.56. The number of hydrogen-bond acceptors (Lipinski definition) is 3. The maximum absolute atomic E-state index is 10.6. The molecule has 0 radical (unpaired) electrons. The number of esters is 2. The molecule has 0 aliphatic heterocycles. The zero-order valence-corrected chi connectivity index (χ0v) is 8.15. The molecule has 0 atom stereocenters. The van der Waals surface area contributed by atoms with E-state index in [4.69, 9.17) is 11.6 Å². The van der Waals surface area contributed by atoms with Crippen molar-refractivity contribution in [3.8, 4) is 0 Å². The SMILES string of the molecule is O=C(CCCl)OC(=O)CCBr. The lowest BCUT2D eigenvalue weighted by Crippen LogP contribution is -2.12. The summed E-state index contributed by atoms with van der Waals surface area (Å²) >= 11 is 8.28. The molecule has 0 fully saturated rings. The van der Waals surface area contributed by atoms with Crippen LogP contribution < -0.4 is 0 Å². The van der Waals surface area contributed by atoms with E-state index in [1.165, 1.54) is 0 Å². The van der Waals surface area contributed by atoms with Crippen molar-refractivity contribution in [2.75, 3.05) is 11.2 Å². The molecule has 0 aliphatic carbocycles. The second-order valence-corrected chi connectivity index (χ2v) is 2.90. The summed E-state index contributed by atoms with van der Waals surface area (Å²) in [5, 5.41) is 0.500. The quantitative estimate of drug-likeness (QED) is 0.427. The maximum Gasteiger partial charge on any atom is 0.314 e. The maximum atomic E-state index is 10.6. The molecule has 0 heterocycles. The first kappa shape index (κ1) is 10.9. The van der Waals surface area contributed by atoms with Crippen LogP contribution in [0.2, 0.25) is 0 Å². The molecule has 0 saturated heterocycles. The summed E-state index contributed by atoms with van der Waals surface area (Å²) in [6.45, 7) is 0. The molecule has 64 valence electrons. The highest BCUT2D eigenvalue weighted by Gasteiger charge is 2.07. The van der Waals surface area contributed by atoms with Crippen molar-refractivity contribution in [1.29, 1.82) is 0 Å². The second-order valence-electron chi connectivity index (χ2n) is 1.72. The van der Waals surface area contributed by atoms with E-state index in [2.05, 4.69) is 20.7 Å². The monoisotopic (exact) mass is 242 g/mol. The summed E-state index contributed by atoms with van der Waals surface area (Å²) in [5.41, 5.74) is 0. The van der Waals surface area contributed by atoms with E-state index < -0.39 is 11.9 Å². The Morgan fingerprint density at radius 2 is 1.82 bits per heavy atom. The van der Waals surface area contributed by atoms with E-state index in [-0.39, 0.29) is 18.7 Å². The fourth-order valence-corrected chi connectivity index (χ4v) is 0.861. The van der Waals surface area contributed by atoms with Gasteiger partial charge in [0.2, 0.25) is 0 Å². The number of rotatable bonds is 4. The third-order valence-corrected chi connectivity index (χ3v) is 1.41. The van der Waals surface area contributed by atoms with Crippen molar-refractivity contribution >= 4 is 39.5 Å². The van der Waals surface area contributed by atoms with Crippen LogP contribution >= 0.6 is 27.5 Å². The minimum Gasteiger partial charge on any atom is -0.393 e. The fraction of sp³-hybridized carbons (Fsp3) is 0.667. The van der Waals surface area contributed by atoms with Gasteiger partial charge in [0.25, 0.3) is 0 Å². The first-order chi connectivity index (χ1) is 5.20. The van der Waals surface area contributed by atoms with Crippen molar-refractivity contribution in [3.05, 3.63) is 0 Å². The summed E-state index contributed by atoms with van der Waals surface area (Å²) in [4.78, 5) is 21.2. The number of halogens is 2. The van der Waals surface area contributed by atoms with Gasteiger partial charge in [0.15, 0.2) is 0 Å². The first-order valence-corrected chi connectivity index (χ1v) is 4.71. The van der Waals surface area contributed by atoms with Crippen molar-refractivity contribution in [3.63, 3.8) is 0 Å². The predicted molar refractivity (Wildman–Crippen MR) is 44.8 cm³/mol. The van der Waals surface area contributed by atoms with Gasteiger partial charge in [-0.05, 0) is 0 Å². The van der Waals surface area contributed by atoms with E-state index in [1.807, 2.05) is 0 Å². The highest BCUT2D eigenvalue weighted by Crippen LogP contribution is 1.95. The molecule has 3 nitrogen and oxygen atoms in total. The molecule has 0 amide bonds. The van der Waals surface area contributed by atoms with Gasteiger partial charge in [-0.2, -0.15) is 0 Å². The summed E-state index contributed by atoms with van der Waals surface area (Å²) in [6, 6.07) is 0. The lowest BCUT2D eigenvalue weighted by molar-refractivity contribution is -0.158. The summed E-state index contributed by atoms with van der Waals surface area (Å²) in [6.07, 6.45) is 0.281. The summed E-state index contributed by atoms with van der Waals surface area (Å²) in [5.74, 6) is -0.900. The zero-order valence-electron chi connectivity index (χ0n) is 5.81. The van der Waals surface area contributed by atoms with Crippen molar-refractivity contribution < 1.29 is 14.3 Å². The van der Waals surface area contributed by atoms with Gasteiger partial charge in [-0.3, -0.25) is 9.59 Å². The predicted octanol–water partition coefficient (Wildman–Crippen LogP) is 1.47. The lowest BCUT2D eigenvalue weighted by atomic mass is 10.5. The lowest BCUT2D eigenvalue weighted by Gasteiger charge is -1.98. The third-order valence-electron chi connectivity index (χ3n) is 0.825. The van der Waals surface area contributed by atoms with Crippen LogP contribution in [0.4, 0.5) is 0 Å². The summed E-state index contributed by atoms with van der Waals surface area (Å²) < 4.78 is 4.34. The van der Waals surface area contributed by atoms with Crippen LogP contribution in [0, 0.1) is 0 Å². The van der Waals surface area contributed by atoms with Crippen LogP contribution in [0.15, 0.2) is 0 Å². The van der Waals surface area contributed by atoms with Crippen molar-refractivity contribution in [2.45, 2.75) is 12.8 Å². The van der Waals surface area contributed by atoms with Crippen LogP contribution in [-0.4, -0.2) is 23.1 Å².